The van der Waals surface area contributed by atoms with E-state index in [0.717, 1.165) is 44.6 Å². The predicted octanol–water partition coefficient (Wildman–Crippen LogP) is 5.08. The van der Waals surface area contributed by atoms with Gasteiger partial charge < -0.3 is 10.2 Å². The summed E-state index contributed by atoms with van der Waals surface area (Å²) in [6, 6.07) is 8.68. The molecule has 0 unspecified atom stereocenters. The van der Waals surface area contributed by atoms with Gasteiger partial charge in [0, 0.05) is 47.2 Å². The Labute approximate surface area is 232 Å². The number of piperazine rings is 1. The Hall–Kier alpha value is -2.09. The second kappa shape index (κ2) is 11.3. The average molecular weight is 641 g/mol. The van der Waals surface area contributed by atoms with E-state index in [1.165, 1.54) is 18.6 Å². The molecule has 0 saturated carbocycles. The lowest BCUT2D eigenvalue weighted by Crippen LogP contribution is -2.54. The van der Waals surface area contributed by atoms with Crippen LogP contribution in [0.1, 0.15) is 37.8 Å². The summed E-state index contributed by atoms with van der Waals surface area (Å²) in [6.07, 6.45) is 4.31. The number of benzene rings is 2. The lowest BCUT2D eigenvalue weighted by molar-refractivity contribution is 0.0309. The van der Waals surface area contributed by atoms with Gasteiger partial charge in [-0.15, -0.1) is 0 Å². The number of hydrogen-bond acceptors (Lipinski definition) is 7. The van der Waals surface area contributed by atoms with Gasteiger partial charge in [-0.05, 0) is 61.3 Å². The van der Waals surface area contributed by atoms with E-state index in [2.05, 4.69) is 73.3 Å². The minimum absolute atomic E-state index is 0.254. The summed E-state index contributed by atoms with van der Waals surface area (Å²) < 4.78 is 42.3. The van der Waals surface area contributed by atoms with Crippen LogP contribution in [-0.2, 0) is 20.0 Å². The van der Waals surface area contributed by atoms with Crippen molar-refractivity contribution >= 4 is 60.7 Å². The van der Waals surface area contributed by atoms with Crippen LogP contribution in [0.25, 0.3) is 10.9 Å². The van der Waals surface area contributed by atoms with Crippen LogP contribution >= 0.6 is 22.6 Å². The number of halogens is 2. The second-order valence-electron chi connectivity index (χ2n) is 9.61. The smallest absolute Gasteiger partial charge is 0.229 e. The van der Waals surface area contributed by atoms with E-state index in [9.17, 15) is 12.8 Å². The van der Waals surface area contributed by atoms with Gasteiger partial charge in [0.1, 0.15) is 18.0 Å². The van der Waals surface area contributed by atoms with Crippen molar-refractivity contribution in [3.8, 4) is 0 Å². The number of sulfonamides is 1. The van der Waals surface area contributed by atoms with Crippen LogP contribution < -0.4 is 10.0 Å². The molecule has 0 radical (unpaired) electrons. The number of anilines is 3. The second-order valence-corrected chi connectivity index (χ2v) is 12.1. The van der Waals surface area contributed by atoms with Gasteiger partial charge in [0.2, 0.25) is 10.0 Å². The predicted molar refractivity (Wildman–Crippen MR) is 157 cm³/mol. The zero-order valence-electron chi connectivity index (χ0n) is 21.7. The third-order valence-electron chi connectivity index (χ3n) is 7.30. The Bertz CT molecular complexity index is 1370. The number of nitrogens with one attached hydrogen (secondary N) is 2. The lowest BCUT2D eigenvalue weighted by atomic mass is 9.81. The normalized spacial score (nSPS) is 15.7. The summed E-state index contributed by atoms with van der Waals surface area (Å²) >= 11 is 2.13. The molecule has 0 spiro atoms. The number of alkyl halides is 1. The van der Waals surface area contributed by atoms with Crippen LogP contribution in [-0.4, -0.2) is 67.7 Å². The molecule has 0 bridgehead atoms. The SMILES string of the molecule is CCC(CC)(c1cc2ncnc(Nc3ccc(F)c(CI)c3)c2cc1NS(C)(=O)=O)N1CCN(C)CC1. The van der Waals surface area contributed by atoms with Crippen molar-refractivity contribution in [2.24, 2.45) is 0 Å². The van der Waals surface area contributed by atoms with Gasteiger partial charge in [0.05, 0.1) is 17.5 Å². The average Bonchev–Trinajstić information content (AvgIpc) is 2.87. The minimum atomic E-state index is -3.55. The summed E-state index contributed by atoms with van der Waals surface area (Å²) in [5, 5.41) is 3.96. The van der Waals surface area contributed by atoms with Crippen LogP contribution in [0.15, 0.2) is 36.7 Å². The third-order valence-corrected chi connectivity index (χ3v) is 8.71. The molecule has 200 valence electrons. The van der Waals surface area contributed by atoms with Crippen LogP contribution in [0, 0.1) is 5.82 Å². The molecule has 37 heavy (non-hydrogen) atoms. The molecule has 1 saturated heterocycles. The fraction of sp³-hybridized carbons (Fsp3) is 0.462. The Morgan fingerprint density at radius 3 is 2.41 bits per heavy atom. The van der Waals surface area contributed by atoms with E-state index >= 15 is 0 Å². The first-order chi connectivity index (χ1) is 17.6. The Kier molecular flexibility index (Phi) is 8.56. The number of fused-ring (bicyclic) bond motifs is 1. The maximum Gasteiger partial charge on any atom is 0.229 e. The largest absolute Gasteiger partial charge is 0.340 e. The van der Waals surface area contributed by atoms with E-state index < -0.39 is 10.0 Å². The molecular formula is C26H34FIN6O2S. The van der Waals surface area contributed by atoms with E-state index in [1.54, 1.807) is 12.1 Å². The van der Waals surface area contributed by atoms with E-state index in [4.69, 9.17) is 0 Å². The quantitative estimate of drug-likeness (QED) is 0.249. The molecule has 11 heteroatoms. The molecule has 2 aromatic carbocycles. The number of aromatic nitrogens is 2. The molecule has 1 aliphatic rings. The van der Waals surface area contributed by atoms with E-state index in [1.807, 2.05) is 12.1 Å². The highest BCUT2D eigenvalue weighted by atomic mass is 127. The molecule has 0 amide bonds. The van der Waals surface area contributed by atoms with Gasteiger partial charge in [0.15, 0.2) is 0 Å². The first kappa shape index (κ1) is 27.9. The van der Waals surface area contributed by atoms with Crippen molar-refractivity contribution in [1.29, 1.82) is 0 Å². The molecule has 2 heterocycles. The summed E-state index contributed by atoms with van der Waals surface area (Å²) in [5.74, 6) is 0.272. The van der Waals surface area contributed by atoms with Crippen molar-refractivity contribution < 1.29 is 12.8 Å². The highest BCUT2D eigenvalue weighted by Crippen LogP contribution is 2.43. The Morgan fingerprint density at radius 2 is 1.78 bits per heavy atom. The molecular weight excluding hydrogens is 606 g/mol. The van der Waals surface area contributed by atoms with Crippen molar-refractivity contribution in [2.75, 3.05) is 49.5 Å². The zero-order valence-corrected chi connectivity index (χ0v) is 24.7. The lowest BCUT2D eigenvalue weighted by Gasteiger charge is -2.48. The number of likely N-dealkylation sites (N-methyl/N-ethyl adjacent to an activating group) is 1. The standard InChI is InChI=1S/C26H34FIN6O2S/c1-5-26(6-2,34-11-9-33(3)10-12-34)21-15-23-20(14-24(21)32-37(4,35)36)25(30-17-29-23)31-19-7-8-22(27)18(13-19)16-28/h7-8,13-15,17,32H,5-6,9-12,16H2,1-4H3,(H,29,30,31). The monoisotopic (exact) mass is 640 g/mol. The topological polar surface area (TPSA) is 90.5 Å². The summed E-state index contributed by atoms with van der Waals surface area (Å²) in [6.45, 7) is 8.02. The molecule has 1 aromatic heterocycles. The Balaban J connectivity index is 1.87. The summed E-state index contributed by atoms with van der Waals surface area (Å²) in [4.78, 5) is 13.8. The van der Waals surface area contributed by atoms with Crippen LogP contribution in [0.3, 0.4) is 0 Å². The van der Waals surface area contributed by atoms with Gasteiger partial charge in [-0.2, -0.15) is 0 Å². The zero-order chi connectivity index (χ0) is 26.8. The van der Waals surface area contributed by atoms with Crippen molar-refractivity contribution in [2.45, 2.75) is 36.7 Å². The molecule has 0 atom stereocenters. The summed E-state index contributed by atoms with van der Waals surface area (Å²) in [5.41, 5.74) is 3.09. The molecule has 1 fully saturated rings. The van der Waals surface area contributed by atoms with Gasteiger partial charge >= 0.3 is 0 Å². The number of hydrogen-bond donors (Lipinski definition) is 2. The van der Waals surface area contributed by atoms with Crippen LogP contribution in [0.5, 0.6) is 0 Å². The first-order valence-electron chi connectivity index (χ1n) is 12.4. The molecule has 1 aliphatic heterocycles. The minimum Gasteiger partial charge on any atom is -0.340 e. The maximum atomic E-state index is 14.0. The molecule has 8 nitrogen and oxygen atoms in total. The number of rotatable bonds is 9. The first-order valence-corrected chi connectivity index (χ1v) is 15.8. The van der Waals surface area contributed by atoms with E-state index in [-0.39, 0.29) is 11.4 Å². The van der Waals surface area contributed by atoms with E-state index in [0.29, 0.717) is 38.1 Å². The fourth-order valence-electron chi connectivity index (χ4n) is 5.25. The van der Waals surface area contributed by atoms with Crippen molar-refractivity contribution in [3.05, 3.63) is 53.6 Å². The highest BCUT2D eigenvalue weighted by Gasteiger charge is 2.39. The van der Waals surface area contributed by atoms with Gasteiger partial charge in [0.25, 0.3) is 0 Å². The summed E-state index contributed by atoms with van der Waals surface area (Å²) in [7, 11) is -1.43. The highest BCUT2D eigenvalue weighted by molar-refractivity contribution is 14.1. The fourth-order valence-corrected chi connectivity index (χ4v) is 6.40. The van der Waals surface area contributed by atoms with Gasteiger partial charge in [-0.3, -0.25) is 9.62 Å². The van der Waals surface area contributed by atoms with Crippen LogP contribution in [0.2, 0.25) is 0 Å². The van der Waals surface area contributed by atoms with Crippen molar-refractivity contribution in [3.63, 3.8) is 0 Å². The van der Waals surface area contributed by atoms with Crippen molar-refractivity contribution in [1.82, 2.24) is 19.8 Å². The molecule has 0 aliphatic carbocycles. The molecule has 4 rings (SSSR count). The molecule has 3 aromatic rings. The number of nitrogens with zero attached hydrogens (tertiary/aromatic N) is 4. The maximum absolute atomic E-state index is 14.0. The molecule has 2 N–H and O–H groups in total. The Morgan fingerprint density at radius 1 is 1.08 bits per heavy atom. The van der Waals surface area contributed by atoms with Crippen LogP contribution in [0.4, 0.5) is 21.6 Å². The third kappa shape index (κ3) is 5.99. The van der Waals surface area contributed by atoms with Gasteiger partial charge in [-0.1, -0.05) is 36.4 Å². The van der Waals surface area contributed by atoms with Gasteiger partial charge in [-0.25, -0.2) is 22.8 Å².